The average molecular weight is 267 g/mol. The van der Waals surface area contributed by atoms with Crippen LogP contribution in [0.25, 0.3) is 0 Å². The molecule has 0 saturated carbocycles. The zero-order valence-corrected chi connectivity index (χ0v) is 6.71. The summed E-state index contributed by atoms with van der Waals surface area (Å²) >= 11 is 0. The van der Waals surface area contributed by atoms with Gasteiger partial charge in [0, 0.05) is 20.4 Å². The van der Waals surface area contributed by atoms with E-state index < -0.39 is 10.2 Å². The largest absolute Gasteiger partial charge is 0.344 e. The monoisotopic (exact) mass is 266 g/mol. The van der Waals surface area contributed by atoms with Crippen LogP contribution in [0.3, 0.4) is 0 Å². The van der Waals surface area contributed by atoms with E-state index in [1.165, 1.54) is 0 Å². The van der Waals surface area contributed by atoms with Crippen LogP contribution < -0.4 is 12.3 Å². The predicted molar refractivity (Wildman–Crippen MR) is 27.6 cm³/mol. The van der Waals surface area contributed by atoms with Crippen molar-refractivity contribution in [3.05, 3.63) is 20.2 Å². The van der Waals surface area contributed by atoms with E-state index in [-0.39, 0.29) is 32.7 Å². The Kier molecular flexibility index (Phi) is 68.0. The third kappa shape index (κ3) is 423. The molecular formula is H8N4O6Pd. The zero-order chi connectivity index (χ0) is 7.15. The van der Waals surface area contributed by atoms with Crippen LogP contribution in [0.2, 0.25) is 0 Å². The van der Waals surface area contributed by atoms with Gasteiger partial charge in [0.25, 0.3) is 10.2 Å². The molecule has 0 amide bonds. The minimum absolute atomic E-state index is 0. The van der Waals surface area contributed by atoms with Crippen LogP contribution in [-0.2, 0) is 20.4 Å². The molecule has 0 aliphatic heterocycles. The van der Waals surface area contributed by atoms with Gasteiger partial charge in [-0.15, -0.1) is 20.2 Å². The maximum atomic E-state index is 8.36. The van der Waals surface area contributed by atoms with Crippen LogP contribution in [0.4, 0.5) is 0 Å². The van der Waals surface area contributed by atoms with E-state index in [2.05, 4.69) is 0 Å². The summed E-state index contributed by atoms with van der Waals surface area (Å²) in [7, 11) is 0. The third-order valence-electron chi connectivity index (χ3n) is 0. The number of hydrogen-bond donors (Lipinski definition) is 4. The summed E-state index contributed by atoms with van der Waals surface area (Å²) < 4.78 is 0. The smallest absolute Gasteiger partial charge is 0.291 e. The van der Waals surface area contributed by atoms with Crippen molar-refractivity contribution in [1.82, 2.24) is 12.3 Å². The fraction of sp³-hybridized carbons (Fsp3) is 0. The maximum Gasteiger partial charge on any atom is 0.291 e. The van der Waals surface area contributed by atoms with Gasteiger partial charge in [0.05, 0.1) is 0 Å². The number of nitrogens with zero attached hydrogens (tertiary/aromatic N) is 2. The van der Waals surface area contributed by atoms with Crippen molar-refractivity contribution in [2.45, 2.75) is 0 Å². The quantitative estimate of drug-likeness (QED) is 0.258. The van der Waals surface area contributed by atoms with E-state index >= 15 is 0 Å². The van der Waals surface area contributed by atoms with Crippen molar-refractivity contribution in [2.24, 2.45) is 0 Å². The number of hydrogen-bond acceptors (Lipinski definition) is 6. The molecule has 0 bridgehead atoms. The molecule has 0 aliphatic rings. The van der Waals surface area contributed by atoms with Gasteiger partial charge in [-0.2, -0.15) is 0 Å². The van der Waals surface area contributed by atoms with Crippen molar-refractivity contribution in [3.63, 3.8) is 0 Å². The molecule has 0 heterocycles. The minimum Gasteiger partial charge on any atom is -0.344 e. The molecule has 0 saturated heterocycles. The molecule has 0 radical (unpaired) electrons. The fourth-order valence-corrected chi connectivity index (χ4v) is 0. The van der Waals surface area contributed by atoms with Gasteiger partial charge in [0.2, 0.25) is 0 Å². The molecule has 11 heavy (non-hydrogen) atoms. The second-order valence-corrected chi connectivity index (χ2v) is 0.476. The van der Waals surface area contributed by atoms with Crippen LogP contribution in [0.15, 0.2) is 0 Å². The summed E-state index contributed by atoms with van der Waals surface area (Å²) in [6, 6.07) is 0. The van der Waals surface area contributed by atoms with Gasteiger partial charge in [0.1, 0.15) is 0 Å². The molecule has 74 valence electrons. The van der Waals surface area contributed by atoms with E-state index in [9.17, 15) is 0 Å². The van der Waals surface area contributed by atoms with Crippen LogP contribution >= 0.6 is 0 Å². The van der Waals surface area contributed by atoms with Crippen molar-refractivity contribution in [3.8, 4) is 0 Å². The Balaban J connectivity index is -0.0000000171. The van der Waals surface area contributed by atoms with E-state index in [1.54, 1.807) is 0 Å². The first kappa shape index (κ1) is 32.4. The average Bonchev–Trinajstić information content (AvgIpc) is 1.25. The van der Waals surface area contributed by atoms with Crippen LogP contribution in [0.1, 0.15) is 0 Å². The molecule has 0 aromatic carbocycles. The summed E-state index contributed by atoms with van der Waals surface area (Å²) in [6.45, 7) is 0. The van der Waals surface area contributed by atoms with Gasteiger partial charge >= 0.3 is 0 Å². The summed E-state index contributed by atoms with van der Waals surface area (Å²) in [6.07, 6.45) is 0. The normalized spacial score (nSPS) is 4.36. The Hall–Kier alpha value is -1.02. The molecule has 0 atom stereocenters. The van der Waals surface area contributed by atoms with E-state index in [0.717, 1.165) is 0 Å². The standard InChI is InChI=1S/2HNO3.2H3N.Pd/c2*2-1(3)4;;;/h2*(H,2,3,4);2*1H3;. The molecule has 0 aromatic rings. The summed E-state index contributed by atoms with van der Waals surface area (Å²) in [4.78, 5) is 16.7. The Bertz CT molecular complexity index is 72.6. The fourth-order valence-electron chi connectivity index (χ4n) is 0. The first-order valence-corrected chi connectivity index (χ1v) is 1.13. The molecule has 8 N–H and O–H groups in total. The maximum absolute atomic E-state index is 8.36. The van der Waals surface area contributed by atoms with Gasteiger partial charge in [-0.3, -0.25) is 0 Å². The molecule has 0 rings (SSSR count). The van der Waals surface area contributed by atoms with Crippen LogP contribution in [0.5, 0.6) is 0 Å². The molecule has 0 aliphatic carbocycles. The first-order valence-electron chi connectivity index (χ1n) is 1.13. The van der Waals surface area contributed by atoms with E-state index in [0.29, 0.717) is 0 Å². The molecular weight excluding hydrogens is 258 g/mol. The summed E-state index contributed by atoms with van der Waals surface area (Å²) in [5.41, 5.74) is 0. The Morgan fingerprint density at radius 1 is 0.909 bits per heavy atom. The van der Waals surface area contributed by atoms with E-state index in [1.807, 2.05) is 0 Å². The molecule has 0 spiro atoms. The Labute approximate surface area is 74.2 Å². The molecule has 10 nitrogen and oxygen atoms in total. The first-order chi connectivity index (χ1) is 3.46. The van der Waals surface area contributed by atoms with Gasteiger partial charge in [-0.05, 0) is 0 Å². The van der Waals surface area contributed by atoms with E-state index in [4.69, 9.17) is 30.6 Å². The molecule has 0 fully saturated rings. The second-order valence-electron chi connectivity index (χ2n) is 0.476. The number of rotatable bonds is 0. The van der Waals surface area contributed by atoms with Crippen LogP contribution in [-0.4, -0.2) is 20.6 Å². The topological polar surface area (TPSA) is 197 Å². The van der Waals surface area contributed by atoms with Gasteiger partial charge in [0.15, 0.2) is 0 Å². The van der Waals surface area contributed by atoms with Gasteiger partial charge in [-0.1, -0.05) is 0 Å². The zero-order valence-electron chi connectivity index (χ0n) is 5.15. The minimum atomic E-state index is -1.50. The second kappa shape index (κ2) is 23.1. The van der Waals surface area contributed by atoms with Gasteiger partial charge < -0.3 is 22.7 Å². The SMILES string of the molecule is N.N.O=[N+]([O-])O.O=[N+]([O-])O.[Pd]. The van der Waals surface area contributed by atoms with Gasteiger partial charge in [-0.25, -0.2) is 0 Å². The van der Waals surface area contributed by atoms with Crippen molar-refractivity contribution in [2.75, 3.05) is 0 Å². The van der Waals surface area contributed by atoms with Crippen LogP contribution in [0, 0.1) is 20.2 Å². The van der Waals surface area contributed by atoms with Crippen molar-refractivity contribution >= 4 is 0 Å². The summed E-state index contributed by atoms with van der Waals surface area (Å²) in [5, 5.41) is 27.3. The van der Waals surface area contributed by atoms with Crippen molar-refractivity contribution < 1.29 is 41.0 Å². The molecule has 0 aromatic heterocycles. The predicted octanol–water partition coefficient (Wildman–Crippen LogP) is -0.374. The molecule has 11 heteroatoms. The summed E-state index contributed by atoms with van der Waals surface area (Å²) in [5.74, 6) is 0. The Morgan fingerprint density at radius 3 is 0.909 bits per heavy atom. The molecule has 0 unspecified atom stereocenters. The van der Waals surface area contributed by atoms with Crippen molar-refractivity contribution in [1.29, 1.82) is 0 Å². The third-order valence-corrected chi connectivity index (χ3v) is 0. The Morgan fingerprint density at radius 2 is 0.909 bits per heavy atom.